The minimum atomic E-state index is -0.782. The molecule has 5 heteroatoms. The highest BCUT2D eigenvalue weighted by molar-refractivity contribution is 14.1. The number of hydrogen-bond acceptors (Lipinski definition) is 2. The van der Waals surface area contributed by atoms with Crippen molar-refractivity contribution in [2.75, 3.05) is 3.11 Å². The molecule has 0 saturated heterocycles. The number of hydrogen-bond donors (Lipinski definition) is 0. The quantitative estimate of drug-likeness (QED) is 0.188. The molecule has 4 rings (SSSR count). The van der Waals surface area contributed by atoms with Crippen LogP contribution in [0.1, 0.15) is 0 Å². The van der Waals surface area contributed by atoms with Crippen LogP contribution in [-0.4, -0.2) is 8.80 Å². The van der Waals surface area contributed by atoms with E-state index in [0.717, 1.165) is 31.5 Å². The summed E-state index contributed by atoms with van der Waals surface area (Å²) in [6.07, 6.45) is 0. The first-order valence-electron chi connectivity index (χ1n) is 8.22. The van der Waals surface area contributed by atoms with Gasteiger partial charge in [-0.2, -0.15) is 0 Å². The van der Waals surface area contributed by atoms with E-state index in [1.807, 2.05) is 6.07 Å². The molecule has 4 aromatic rings. The molecular weight excluding hydrogens is 460 g/mol. The van der Waals surface area contributed by atoms with Crippen LogP contribution in [0.25, 0.3) is 20.2 Å². The second kappa shape index (κ2) is 6.70. The average molecular weight is 477 g/mol. The van der Waals surface area contributed by atoms with E-state index in [9.17, 15) is 4.39 Å². The van der Waals surface area contributed by atoms with Gasteiger partial charge in [0.15, 0.2) is 0 Å². The van der Waals surface area contributed by atoms with Crippen LogP contribution < -0.4 is 8.30 Å². The number of fused-ring (bicyclic) bond motifs is 3. The van der Waals surface area contributed by atoms with Crippen LogP contribution in [0.15, 0.2) is 60.7 Å². The van der Waals surface area contributed by atoms with E-state index < -0.39 is 8.80 Å². The van der Waals surface area contributed by atoms with Gasteiger partial charge in [0.1, 0.15) is 5.82 Å². The smallest absolute Gasteiger partial charge is 0.141 e. The van der Waals surface area contributed by atoms with Crippen LogP contribution >= 0.6 is 34.2 Å². The van der Waals surface area contributed by atoms with Crippen molar-refractivity contribution in [1.29, 1.82) is 0 Å². The highest BCUT2D eigenvalue weighted by atomic mass is 127. The zero-order valence-corrected chi connectivity index (χ0v) is 18.1. The molecule has 1 heterocycles. The van der Waals surface area contributed by atoms with E-state index in [1.54, 1.807) is 6.07 Å². The SMILES string of the molecule is C[SiH](C)c1ccc(N(I)c2cccc3c2sc2c(F)cccc23)cc1. The number of anilines is 2. The molecule has 0 aliphatic carbocycles. The van der Waals surface area contributed by atoms with Gasteiger partial charge >= 0.3 is 0 Å². The second-order valence-corrected chi connectivity index (χ2v) is 11.4. The molecule has 0 atom stereocenters. The van der Waals surface area contributed by atoms with Crippen LogP contribution in [0.5, 0.6) is 0 Å². The number of halogens is 2. The van der Waals surface area contributed by atoms with E-state index in [-0.39, 0.29) is 5.82 Å². The second-order valence-electron chi connectivity index (χ2n) is 6.40. The summed E-state index contributed by atoms with van der Waals surface area (Å²) in [5, 5.41) is 3.58. The lowest BCUT2D eigenvalue weighted by Gasteiger charge is -2.18. The first-order chi connectivity index (χ1) is 12.1. The van der Waals surface area contributed by atoms with Gasteiger partial charge in [-0.15, -0.1) is 11.3 Å². The lowest BCUT2D eigenvalue weighted by molar-refractivity contribution is 0.642. The maximum absolute atomic E-state index is 14.2. The Bertz CT molecular complexity index is 1060. The predicted octanol–water partition coefficient (Wildman–Crippen LogP) is 6.38. The molecule has 0 saturated carbocycles. The zero-order valence-electron chi connectivity index (χ0n) is 14.0. The third-order valence-electron chi connectivity index (χ3n) is 4.45. The molecule has 0 radical (unpaired) electrons. The third kappa shape index (κ3) is 2.98. The minimum absolute atomic E-state index is 0.143. The van der Waals surface area contributed by atoms with Crippen LogP contribution in [0.4, 0.5) is 15.8 Å². The molecule has 1 nitrogen and oxygen atoms in total. The third-order valence-corrected chi connectivity index (χ3v) is 8.50. The lowest BCUT2D eigenvalue weighted by atomic mass is 10.1. The maximum Gasteiger partial charge on any atom is 0.141 e. The van der Waals surface area contributed by atoms with Gasteiger partial charge in [-0.1, -0.05) is 54.7 Å². The highest BCUT2D eigenvalue weighted by Gasteiger charge is 2.15. The normalized spacial score (nSPS) is 11.6. The molecule has 3 aromatic carbocycles. The van der Waals surface area contributed by atoms with Crippen LogP contribution in [-0.2, 0) is 0 Å². The summed E-state index contributed by atoms with van der Waals surface area (Å²) in [6, 6.07) is 20.4. The molecule has 0 spiro atoms. The van der Waals surface area contributed by atoms with Gasteiger partial charge < -0.3 is 0 Å². The van der Waals surface area contributed by atoms with Crippen molar-refractivity contribution in [2.24, 2.45) is 0 Å². The molecule has 1 aromatic heterocycles. The molecule has 25 heavy (non-hydrogen) atoms. The van der Waals surface area contributed by atoms with Crippen molar-refractivity contribution in [2.45, 2.75) is 13.1 Å². The Morgan fingerprint density at radius 2 is 1.52 bits per heavy atom. The van der Waals surface area contributed by atoms with Gasteiger partial charge in [0, 0.05) is 10.8 Å². The summed E-state index contributed by atoms with van der Waals surface area (Å²) in [7, 11) is -0.782. The Hall–Kier alpha value is -1.44. The van der Waals surface area contributed by atoms with Crippen LogP contribution in [0.2, 0.25) is 13.1 Å². The molecule has 0 aliphatic rings. The molecular formula is C20H17FINSSi. The summed E-state index contributed by atoms with van der Waals surface area (Å²) in [5.41, 5.74) is 2.25. The van der Waals surface area contributed by atoms with Gasteiger partial charge in [0.2, 0.25) is 0 Å². The molecule has 0 aliphatic heterocycles. The lowest BCUT2D eigenvalue weighted by Crippen LogP contribution is -2.22. The molecule has 0 N–H and O–H groups in total. The van der Waals surface area contributed by atoms with Gasteiger partial charge in [-0.3, -0.25) is 3.11 Å². The van der Waals surface area contributed by atoms with Crippen LogP contribution in [0, 0.1) is 5.82 Å². The Morgan fingerprint density at radius 3 is 2.20 bits per heavy atom. The highest BCUT2D eigenvalue weighted by Crippen LogP contribution is 2.43. The Morgan fingerprint density at radius 1 is 0.880 bits per heavy atom. The van der Waals surface area contributed by atoms with E-state index in [1.165, 1.54) is 22.6 Å². The fourth-order valence-corrected chi connectivity index (χ4v) is 6.11. The number of thiophene rings is 1. The van der Waals surface area contributed by atoms with Gasteiger partial charge in [-0.25, -0.2) is 4.39 Å². The Labute approximate surface area is 166 Å². The van der Waals surface area contributed by atoms with Gasteiger partial charge in [0.05, 0.1) is 52.4 Å². The summed E-state index contributed by atoms with van der Waals surface area (Å²) >= 11 is 3.87. The average Bonchev–Trinajstić information content (AvgIpc) is 3.01. The van der Waals surface area contributed by atoms with Crippen molar-refractivity contribution >= 4 is 79.7 Å². The van der Waals surface area contributed by atoms with Crippen molar-refractivity contribution in [3.63, 3.8) is 0 Å². The zero-order chi connectivity index (χ0) is 17.6. The Kier molecular flexibility index (Phi) is 4.55. The summed E-state index contributed by atoms with van der Waals surface area (Å²) in [4.78, 5) is 0. The maximum atomic E-state index is 14.2. The largest absolute Gasteiger partial charge is 0.282 e. The number of benzene rings is 3. The molecule has 0 unspecified atom stereocenters. The minimum Gasteiger partial charge on any atom is -0.282 e. The van der Waals surface area contributed by atoms with Crippen molar-refractivity contribution in [3.8, 4) is 0 Å². The Balaban J connectivity index is 1.85. The number of rotatable bonds is 3. The van der Waals surface area contributed by atoms with E-state index in [4.69, 9.17) is 0 Å². The van der Waals surface area contributed by atoms with Crippen molar-refractivity contribution < 1.29 is 4.39 Å². The first kappa shape index (κ1) is 17.0. The van der Waals surface area contributed by atoms with Crippen molar-refractivity contribution in [1.82, 2.24) is 0 Å². The monoisotopic (exact) mass is 477 g/mol. The van der Waals surface area contributed by atoms with E-state index >= 15 is 0 Å². The summed E-state index contributed by atoms with van der Waals surface area (Å²) in [6.45, 7) is 4.67. The topological polar surface area (TPSA) is 3.24 Å². The van der Waals surface area contributed by atoms with Crippen molar-refractivity contribution in [3.05, 3.63) is 66.5 Å². The van der Waals surface area contributed by atoms with Gasteiger partial charge in [-0.05, 0) is 24.3 Å². The summed E-state index contributed by atoms with van der Waals surface area (Å²) in [5.74, 6) is -0.143. The fourth-order valence-electron chi connectivity index (χ4n) is 3.05. The summed E-state index contributed by atoms with van der Waals surface area (Å²) < 4.78 is 18.2. The number of nitrogens with zero attached hydrogens (tertiary/aromatic N) is 1. The van der Waals surface area contributed by atoms with Crippen LogP contribution in [0.3, 0.4) is 0 Å². The first-order valence-corrected chi connectivity index (χ1v) is 12.9. The molecule has 0 amide bonds. The standard InChI is InChI=1S/C20H17FINSSi/c1-25(2)14-11-9-13(10-12-14)23(22)18-8-4-6-16-15-5-3-7-17(21)19(15)24-20(16)18/h3-12,25H,1-2H3. The predicted molar refractivity (Wildman–Crippen MR) is 120 cm³/mol. The van der Waals surface area contributed by atoms with E-state index in [2.05, 4.69) is 81.5 Å². The molecule has 126 valence electrons. The van der Waals surface area contributed by atoms with E-state index in [0.29, 0.717) is 0 Å². The fraction of sp³-hybridized carbons (Fsp3) is 0.100. The molecule has 0 fully saturated rings. The van der Waals surface area contributed by atoms with Gasteiger partial charge in [0.25, 0.3) is 0 Å². The molecule has 0 bridgehead atoms.